The van der Waals surface area contributed by atoms with Gasteiger partial charge in [0.2, 0.25) is 5.91 Å². The van der Waals surface area contributed by atoms with Gasteiger partial charge in [-0.15, -0.1) is 0 Å². The van der Waals surface area contributed by atoms with Crippen molar-refractivity contribution < 1.29 is 22.7 Å². The molecule has 0 radical (unpaired) electrons. The Bertz CT molecular complexity index is 767. The number of carbonyl (C=O) groups is 1. The number of carbonyl (C=O) groups excluding carboxylic acids is 1. The van der Waals surface area contributed by atoms with Crippen LogP contribution in [-0.2, 0) is 15.7 Å². The average molecular weight is 441 g/mol. The van der Waals surface area contributed by atoms with Crippen molar-refractivity contribution in [1.82, 2.24) is 15.2 Å². The number of piperazine rings is 1. The van der Waals surface area contributed by atoms with Crippen LogP contribution in [0.15, 0.2) is 18.3 Å². The van der Waals surface area contributed by atoms with Gasteiger partial charge in [-0.1, -0.05) is 6.92 Å². The van der Waals surface area contributed by atoms with Crippen LogP contribution in [0.25, 0.3) is 0 Å². The summed E-state index contributed by atoms with van der Waals surface area (Å²) in [5.74, 6) is 1.02. The summed E-state index contributed by atoms with van der Waals surface area (Å²) in [4.78, 5) is 20.8. The van der Waals surface area contributed by atoms with Gasteiger partial charge in [0, 0.05) is 57.0 Å². The lowest BCUT2D eigenvalue weighted by molar-refractivity contribution is -0.137. The number of pyridine rings is 1. The van der Waals surface area contributed by atoms with Gasteiger partial charge >= 0.3 is 6.18 Å². The van der Waals surface area contributed by atoms with E-state index in [2.05, 4.69) is 17.2 Å². The van der Waals surface area contributed by atoms with Crippen molar-refractivity contribution in [3.63, 3.8) is 0 Å². The fraction of sp³-hybridized carbons (Fsp3) is 0.727. The highest BCUT2D eigenvalue weighted by atomic mass is 19.4. The van der Waals surface area contributed by atoms with Gasteiger partial charge < -0.3 is 19.9 Å². The number of hydrogen-bond donors (Lipinski definition) is 1. The number of aromatic nitrogens is 1. The van der Waals surface area contributed by atoms with Gasteiger partial charge in [-0.05, 0) is 43.7 Å². The molecule has 3 heterocycles. The maximum absolute atomic E-state index is 13.0. The summed E-state index contributed by atoms with van der Waals surface area (Å²) >= 11 is 0. The summed E-state index contributed by atoms with van der Waals surface area (Å²) in [6, 6.07) is 2.89. The van der Waals surface area contributed by atoms with E-state index in [1.165, 1.54) is 6.20 Å². The Labute approximate surface area is 181 Å². The summed E-state index contributed by atoms with van der Waals surface area (Å²) in [5, 5.41) is 3.74. The summed E-state index contributed by atoms with van der Waals surface area (Å²) in [7, 11) is 0. The molecule has 0 spiro atoms. The van der Waals surface area contributed by atoms with Gasteiger partial charge in [-0.2, -0.15) is 13.2 Å². The third-order valence-corrected chi connectivity index (χ3v) is 6.86. The SMILES string of the molecule is CC1COCCC1N[C@@H]1CCC(C(=O)N2CCN(c3cc(C(F)(F)F)ccn3)CC2)C1. The number of anilines is 1. The van der Waals surface area contributed by atoms with Crippen molar-refractivity contribution >= 4 is 11.7 Å². The van der Waals surface area contributed by atoms with Gasteiger partial charge in [0.1, 0.15) is 5.82 Å². The molecule has 0 bridgehead atoms. The standard InChI is InChI=1S/C22H31F3N4O2/c1-15-14-31-11-5-19(15)27-18-3-2-16(12-18)21(30)29-9-7-28(8-10-29)20-13-17(4-6-26-20)22(23,24)25/h4,6,13,15-16,18-19,27H,2-3,5,7-12,14H2,1H3/t15?,16?,18-,19?/m1/s1. The van der Waals surface area contributed by atoms with Gasteiger partial charge in [0.15, 0.2) is 0 Å². The molecule has 3 aliphatic rings. The number of amides is 1. The van der Waals surface area contributed by atoms with Crippen LogP contribution in [0.1, 0.15) is 38.2 Å². The number of alkyl halides is 3. The topological polar surface area (TPSA) is 57.7 Å². The summed E-state index contributed by atoms with van der Waals surface area (Å²) in [5.41, 5.74) is -0.695. The Balaban J connectivity index is 1.27. The van der Waals surface area contributed by atoms with Crippen LogP contribution in [0.2, 0.25) is 0 Å². The Morgan fingerprint density at radius 2 is 1.97 bits per heavy atom. The highest BCUT2D eigenvalue weighted by Gasteiger charge is 2.36. The van der Waals surface area contributed by atoms with Gasteiger partial charge in [-0.25, -0.2) is 4.98 Å². The molecule has 6 nitrogen and oxygen atoms in total. The maximum atomic E-state index is 13.0. The van der Waals surface area contributed by atoms with Crippen LogP contribution in [0.4, 0.5) is 19.0 Å². The van der Waals surface area contributed by atoms with E-state index in [-0.39, 0.29) is 11.8 Å². The molecule has 3 unspecified atom stereocenters. The lowest BCUT2D eigenvalue weighted by atomic mass is 9.96. The Morgan fingerprint density at radius 3 is 2.68 bits per heavy atom. The fourth-order valence-corrected chi connectivity index (χ4v) is 4.97. The molecule has 172 valence electrons. The minimum Gasteiger partial charge on any atom is -0.381 e. The molecule has 0 aromatic carbocycles. The van der Waals surface area contributed by atoms with Crippen molar-refractivity contribution in [2.75, 3.05) is 44.3 Å². The van der Waals surface area contributed by atoms with Crippen LogP contribution >= 0.6 is 0 Å². The monoisotopic (exact) mass is 440 g/mol. The van der Waals surface area contributed by atoms with Crippen molar-refractivity contribution in [3.8, 4) is 0 Å². The average Bonchev–Trinajstić information content (AvgIpc) is 3.23. The lowest BCUT2D eigenvalue weighted by Gasteiger charge is -2.37. The second kappa shape index (κ2) is 9.32. The molecule has 2 saturated heterocycles. The molecule has 1 aromatic rings. The zero-order valence-corrected chi connectivity index (χ0v) is 17.9. The van der Waals surface area contributed by atoms with Crippen LogP contribution in [0.3, 0.4) is 0 Å². The number of ether oxygens (including phenoxy) is 1. The highest BCUT2D eigenvalue weighted by molar-refractivity contribution is 5.79. The van der Waals surface area contributed by atoms with Crippen LogP contribution in [-0.4, -0.2) is 67.3 Å². The van der Waals surface area contributed by atoms with Gasteiger partial charge in [0.05, 0.1) is 12.2 Å². The zero-order valence-electron chi connectivity index (χ0n) is 17.9. The lowest BCUT2D eigenvalue weighted by Crippen LogP contribution is -2.50. The molecule has 1 saturated carbocycles. The number of nitrogens with one attached hydrogen (secondary N) is 1. The van der Waals surface area contributed by atoms with E-state index < -0.39 is 11.7 Å². The molecule has 9 heteroatoms. The second-order valence-corrected chi connectivity index (χ2v) is 9.03. The quantitative estimate of drug-likeness (QED) is 0.780. The normalized spacial score (nSPS) is 29.9. The predicted molar refractivity (Wildman–Crippen MR) is 111 cm³/mol. The molecule has 4 rings (SSSR count). The Hall–Kier alpha value is -1.87. The molecule has 1 N–H and O–H groups in total. The van der Waals surface area contributed by atoms with Crippen molar-refractivity contribution in [1.29, 1.82) is 0 Å². The van der Waals surface area contributed by atoms with E-state index in [1.807, 2.05) is 9.80 Å². The van der Waals surface area contributed by atoms with E-state index in [0.717, 1.165) is 51.0 Å². The summed E-state index contributed by atoms with van der Waals surface area (Å²) in [6.07, 6.45) is 0.587. The largest absolute Gasteiger partial charge is 0.416 e. The molecule has 4 atom stereocenters. The fourth-order valence-electron chi connectivity index (χ4n) is 4.97. The first-order valence-corrected chi connectivity index (χ1v) is 11.2. The molecule has 2 aliphatic heterocycles. The van der Waals surface area contributed by atoms with E-state index in [1.54, 1.807) is 0 Å². The molecule has 1 aromatic heterocycles. The third-order valence-electron chi connectivity index (χ3n) is 6.86. The number of nitrogens with zero attached hydrogens (tertiary/aromatic N) is 3. The predicted octanol–water partition coefficient (Wildman–Crippen LogP) is 2.93. The van der Waals surface area contributed by atoms with Crippen LogP contribution in [0.5, 0.6) is 0 Å². The number of hydrogen-bond acceptors (Lipinski definition) is 5. The van der Waals surface area contributed by atoms with E-state index in [4.69, 9.17) is 4.74 Å². The minimum atomic E-state index is -4.38. The Morgan fingerprint density at radius 1 is 1.19 bits per heavy atom. The van der Waals surface area contributed by atoms with Gasteiger partial charge in [-0.3, -0.25) is 4.79 Å². The van der Waals surface area contributed by atoms with Gasteiger partial charge in [0.25, 0.3) is 0 Å². The molecule has 1 amide bonds. The number of rotatable bonds is 4. The first-order chi connectivity index (χ1) is 14.8. The Kier molecular flexibility index (Phi) is 6.71. The molecule has 3 fully saturated rings. The molecule has 31 heavy (non-hydrogen) atoms. The smallest absolute Gasteiger partial charge is 0.381 e. The zero-order chi connectivity index (χ0) is 22.0. The number of halogens is 3. The van der Waals surface area contributed by atoms with E-state index in [9.17, 15) is 18.0 Å². The van der Waals surface area contributed by atoms with Crippen molar-refractivity contribution in [3.05, 3.63) is 23.9 Å². The van der Waals surface area contributed by atoms with Crippen molar-refractivity contribution in [2.45, 2.75) is 50.9 Å². The van der Waals surface area contributed by atoms with Crippen molar-refractivity contribution in [2.24, 2.45) is 11.8 Å². The molecule has 1 aliphatic carbocycles. The molecular weight excluding hydrogens is 409 g/mol. The van der Waals surface area contributed by atoms with Crippen LogP contribution < -0.4 is 10.2 Å². The maximum Gasteiger partial charge on any atom is 0.416 e. The van der Waals surface area contributed by atoms with Crippen LogP contribution in [0, 0.1) is 11.8 Å². The third kappa shape index (κ3) is 5.31. The summed E-state index contributed by atoms with van der Waals surface area (Å²) < 4.78 is 44.4. The minimum absolute atomic E-state index is 0.0332. The van der Waals surface area contributed by atoms with E-state index in [0.29, 0.717) is 50.0 Å². The van der Waals surface area contributed by atoms with E-state index >= 15 is 0 Å². The first kappa shape index (κ1) is 22.3. The highest BCUT2D eigenvalue weighted by Crippen LogP contribution is 2.32. The first-order valence-electron chi connectivity index (χ1n) is 11.2. The second-order valence-electron chi connectivity index (χ2n) is 9.03. The summed E-state index contributed by atoms with van der Waals surface area (Å²) in [6.45, 7) is 5.81. The molecular formula is C22H31F3N4O2.